The van der Waals surface area contributed by atoms with Gasteiger partial charge in [0.2, 0.25) is 0 Å². The highest BCUT2D eigenvalue weighted by atomic mass is 15.0. The minimum absolute atomic E-state index is 0.974. The first-order chi connectivity index (χ1) is 8.33. The molecule has 1 aliphatic heterocycles. The van der Waals surface area contributed by atoms with Crippen LogP contribution in [0.3, 0.4) is 0 Å². The molecular formula is C15H12N2. The zero-order chi connectivity index (χ0) is 11.4. The van der Waals surface area contributed by atoms with Gasteiger partial charge in [0.05, 0.1) is 16.7 Å². The van der Waals surface area contributed by atoms with Gasteiger partial charge in [0.1, 0.15) is 0 Å². The Morgan fingerprint density at radius 2 is 2.12 bits per heavy atom. The van der Waals surface area contributed by atoms with E-state index in [1.165, 1.54) is 27.9 Å². The maximum atomic E-state index is 4.41. The Morgan fingerprint density at radius 1 is 1.18 bits per heavy atom. The van der Waals surface area contributed by atoms with Gasteiger partial charge in [-0.25, -0.2) is 0 Å². The number of hydrogen-bond acceptors (Lipinski definition) is 1. The maximum Gasteiger partial charge on any atom is 0.0887 e. The average Bonchev–Trinajstić information content (AvgIpc) is 2.84. The van der Waals surface area contributed by atoms with E-state index in [9.17, 15) is 0 Å². The Morgan fingerprint density at radius 3 is 3.06 bits per heavy atom. The van der Waals surface area contributed by atoms with Gasteiger partial charge in [0.25, 0.3) is 0 Å². The molecule has 1 aromatic carbocycles. The Balaban J connectivity index is 2.06. The molecule has 0 aliphatic carbocycles. The normalized spacial score (nSPS) is 12.8. The molecule has 0 saturated heterocycles. The van der Waals surface area contributed by atoms with Crippen molar-refractivity contribution in [1.29, 1.82) is 0 Å². The first-order valence-electron chi connectivity index (χ1n) is 5.87. The van der Waals surface area contributed by atoms with Crippen molar-refractivity contribution in [3.05, 3.63) is 53.7 Å². The maximum absolute atomic E-state index is 4.41. The highest BCUT2D eigenvalue weighted by Crippen LogP contribution is 2.36. The molecule has 0 unspecified atom stereocenters. The number of nitrogens with zero attached hydrogens (tertiary/aromatic N) is 2. The van der Waals surface area contributed by atoms with Crippen molar-refractivity contribution in [2.24, 2.45) is 0 Å². The molecule has 1 aliphatic rings. The fraction of sp³-hybridized carbons (Fsp3) is 0.133. The van der Waals surface area contributed by atoms with E-state index in [-0.39, 0.29) is 0 Å². The standard InChI is InChI=1S/C15H12N2/c1-10-4-5-12-11(7-10)9-17-14-3-2-6-16-13(14)8-15(12)17/h2-8H,9H2,1H3. The molecule has 17 heavy (non-hydrogen) atoms. The number of benzene rings is 1. The monoisotopic (exact) mass is 220 g/mol. The predicted molar refractivity (Wildman–Crippen MR) is 69.0 cm³/mol. The van der Waals surface area contributed by atoms with Gasteiger partial charge in [0, 0.05) is 18.3 Å². The van der Waals surface area contributed by atoms with Crippen molar-refractivity contribution in [3.63, 3.8) is 0 Å². The first kappa shape index (κ1) is 8.99. The molecule has 0 bridgehead atoms. The molecule has 0 fully saturated rings. The highest BCUT2D eigenvalue weighted by molar-refractivity contribution is 5.86. The molecule has 0 radical (unpaired) electrons. The van der Waals surface area contributed by atoms with E-state index in [1.54, 1.807) is 0 Å². The van der Waals surface area contributed by atoms with Crippen molar-refractivity contribution in [1.82, 2.24) is 9.55 Å². The van der Waals surface area contributed by atoms with Gasteiger partial charge < -0.3 is 4.57 Å². The summed E-state index contributed by atoms with van der Waals surface area (Å²) in [7, 11) is 0. The summed E-state index contributed by atoms with van der Waals surface area (Å²) in [6.45, 7) is 3.12. The third-order valence-corrected chi connectivity index (χ3v) is 3.54. The van der Waals surface area contributed by atoms with Crippen LogP contribution in [0.4, 0.5) is 0 Å². The number of aryl methyl sites for hydroxylation is 1. The van der Waals surface area contributed by atoms with Crippen LogP contribution < -0.4 is 0 Å². The van der Waals surface area contributed by atoms with E-state index in [0.29, 0.717) is 0 Å². The Labute approximate surface area is 99.5 Å². The third-order valence-electron chi connectivity index (χ3n) is 3.54. The number of fused-ring (bicyclic) bond motifs is 5. The minimum Gasteiger partial charge on any atom is -0.335 e. The molecule has 3 aromatic rings. The summed E-state index contributed by atoms with van der Waals surface area (Å²) >= 11 is 0. The van der Waals surface area contributed by atoms with Crippen molar-refractivity contribution in [3.8, 4) is 11.3 Å². The lowest BCUT2D eigenvalue weighted by Gasteiger charge is -2.00. The van der Waals surface area contributed by atoms with Crippen LogP contribution in [0.25, 0.3) is 22.3 Å². The smallest absolute Gasteiger partial charge is 0.0887 e. The zero-order valence-corrected chi connectivity index (χ0v) is 9.64. The largest absolute Gasteiger partial charge is 0.335 e. The first-order valence-corrected chi connectivity index (χ1v) is 5.87. The number of aromatic nitrogens is 2. The molecule has 0 spiro atoms. The van der Waals surface area contributed by atoms with Gasteiger partial charge in [-0.1, -0.05) is 23.8 Å². The summed E-state index contributed by atoms with van der Waals surface area (Å²) in [5.74, 6) is 0. The fourth-order valence-corrected chi connectivity index (χ4v) is 2.75. The predicted octanol–water partition coefficient (Wildman–Crippen LogP) is 3.37. The Kier molecular flexibility index (Phi) is 1.57. The molecule has 0 amide bonds. The number of rotatable bonds is 0. The Hall–Kier alpha value is -2.09. The van der Waals surface area contributed by atoms with E-state index in [0.717, 1.165) is 12.1 Å². The van der Waals surface area contributed by atoms with Gasteiger partial charge in [-0.15, -0.1) is 0 Å². The van der Waals surface area contributed by atoms with Crippen LogP contribution in [0.2, 0.25) is 0 Å². The van der Waals surface area contributed by atoms with Crippen LogP contribution in [0, 0.1) is 6.92 Å². The number of hydrogen-bond donors (Lipinski definition) is 0. The molecule has 0 atom stereocenters. The second-order valence-corrected chi connectivity index (χ2v) is 4.68. The quantitative estimate of drug-likeness (QED) is 0.444. The van der Waals surface area contributed by atoms with Crippen LogP contribution >= 0.6 is 0 Å². The Bertz CT molecular complexity index is 738. The lowest BCUT2D eigenvalue weighted by atomic mass is 10.0. The molecule has 0 saturated carbocycles. The van der Waals surface area contributed by atoms with Crippen molar-refractivity contribution < 1.29 is 0 Å². The zero-order valence-electron chi connectivity index (χ0n) is 9.64. The van der Waals surface area contributed by atoms with Crippen LogP contribution in [0.1, 0.15) is 11.1 Å². The molecule has 2 nitrogen and oxygen atoms in total. The summed E-state index contributed by atoms with van der Waals surface area (Å²) in [6, 6.07) is 13.0. The second-order valence-electron chi connectivity index (χ2n) is 4.68. The lowest BCUT2D eigenvalue weighted by molar-refractivity contribution is 0.885. The molecule has 2 heteroatoms. The van der Waals surface area contributed by atoms with Crippen LogP contribution in [0.15, 0.2) is 42.6 Å². The van der Waals surface area contributed by atoms with Gasteiger partial charge in [-0.2, -0.15) is 0 Å². The van der Waals surface area contributed by atoms with E-state index >= 15 is 0 Å². The van der Waals surface area contributed by atoms with Gasteiger partial charge >= 0.3 is 0 Å². The average molecular weight is 220 g/mol. The molecule has 2 aromatic heterocycles. The number of pyridine rings is 1. The van der Waals surface area contributed by atoms with Gasteiger partial charge in [0.15, 0.2) is 0 Å². The second kappa shape index (κ2) is 2.98. The molecule has 0 N–H and O–H groups in total. The molecular weight excluding hydrogens is 208 g/mol. The molecule has 82 valence electrons. The molecule has 3 heterocycles. The van der Waals surface area contributed by atoms with Crippen LogP contribution in [-0.4, -0.2) is 9.55 Å². The SMILES string of the molecule is Cc1ccc2c(c1)Cn1c-2cc2ncccc21. The minimum atomic E-state index is 0.974. The fourth-order valence-electron chi connectivity index (χ4n) is 2.75. The highest BCUT2D eigenvalue weighted by Gasteiger charge is 2.20. The lowest BCUT2D eigenvalue weighted by Crippen LogP contribution is -1.92. The van der Waals surface area contributed by atoms with Gasteiger partial charge in [-0.3, -0.25) is 4.98 Å². The van der Waals surface area contributed by atoms with Gasteiger partial charge in [-0.05, 0) is 30.7 Å². The molecule has 4 rings (SSSR count). The van der Waals surface area contributed by atoms with E-state index in [4.69, 9.17) is 0 Å². The summed E-state index contributed by atoms with van der Waals surface area (Å²) in [5.41, 5.74) is 7.73. The summed E-state index contributed by atoms with van der Waals surface area (Å²) in [4.78, 5) is 4.41. The van der Waals surface area contributed by atoms with E-state index in [2.05, 4.69) is 46.8 Å². The summed E-state index contributed by atoms with van der Waals surface area (Å²) in [5, 5.41) is 0. The van der Waals surface area contributed by atoms with Crippen LogP contribution in [-0.2, 0) is 6.54 Å². The van der Waals surface area contributed by atoms with Crippen molar-refractivity contribution in [2.45, 2.75) is 13.5 Å². The summed E-state index contributed by atoms with van der Waals surface area (Å²) < 4.78 is 2.35. The van der Waals surface area contributed by atoms with Crippen molar-refractivity contribution in [2.75, 3.05) is 0 Å². The van der Waals surface area contributed by atoms with Crippen molar-refractivity contribution >= 4 is 11.0 Å². The van der Waals surface area contributed by atoms with E-state index < -0.39 is 0 Å². The van der Waals surface area contributed by atoms with E-state index in [1.807, 2.05) is 12.3 Å². The third kappa shape index (κ3) is 1.12. The topological polar surface area (TPSA) is 17.8 Å². The van der Waals surface area contributed by atoms with Crippen LogP contribution in [0.5, 0.6) is 0 Å². The summed E-state index contributed by atoms with van der Waals surface area (Å²) in [6.07, 6.45) is 1.86.